The van der Waals surface area contributed by atoms with Gasteiger partial charge in [-0.3, -0.25) is 9.48 Å². The monoisotopic (exact) mass is 327 g/mol. The van der Waals surface area contributed by atoms with Crippen LogP contribution in [0.2, 0.25) is 0 Å². The lowest BCUT2D eigenvalue weighted by molar-refractivity contribution is -0.157. The summed E-state index contributed by atoms with van der Waals surface area (Å²) in [5.41, 5.74) is -1.02. The van der Waals surface area contributed by atoms with Crippen LogP contribution in [-0.2, 0) is 26.1 Å². The quantitative estimate of drug-likeness (QED) is 0.732. The summed E-state index contributed by atoms with van der Waals surface area (Å²) in [6.45, 7) is 2.49. The fraction of sp³-hybridized carbons (Fsp3) is 0.714. The minimum atomic E-state index is -3.75. The molecule has 0 atom stereocenters. The summed E-state index contributed by atoms with van der Waals surface area (Å²) >= 11 is 0. The summed E-state index contributed by atoms with van der Waals surface area (Å²) in [6, 6.07) is -0.102. The Bertz CT molecular complexity index is 674. The van der Waals surface area contributed by atoms with Gasteiger partial charge in [0, 0.05) is 18.8 Å². The van der Waals surface area contributed by atoms with Crippen molar-refractivity contribution in [2.45, 2.75) is 62.0 Å². The van der Waals surface area contributed by atoms with E-state index < -0.39 is 21.5 Å². The average molecular weight is 327 g/mol. The number of carbonyl (C=O) groups excluding carboxylic acids is 1. The molecule has 7 nitrogen and oxygen atoms in total. The second-order valence-electron chi connectivity index (χ2n) is 5.94. The van der Waals surface area contributed by atoms with Gasteiger partial charge in [0.2, 0.25) is 10.0 Å². The Balaban J connectivity index is 2.02. The predicted molar refractivity (Wildman–Crippen MR) is 78.5 cm³/mol. The van der Waals surface area contributed by atoms with Gasteiger partial charge >= 0.3 is 5.97 Å². The molecule has 0 bridgehead atoms. The molecule has 0 radical (unpaired) electrons. The Labute approximate surface area is 130 Å². The van der Waals surface area contributed by atoms with Crippen LogP contribution < -0.4 is 0 Å². The van der Waals surface area contributed by atoms with Crippen LogP contribution in [0, 0.1) is 0 Å². The number of aryl methyl sites for hydroxylation is 1. The summed E-state index contributed by atoms with van der Waals surface area (Å²) in [4.78, 5) is 12.4. The van der Waals surface area contributed by atoms with Gasteiger partial charge in [0.05, 0.1) is 13.3 Å². The SMILES string of the molecule is CCn1cc(S(=O)(=O)N(C2CC2)C2(C(=O)OC)CCC2)cn1. The number of esters is 1. The third-order valence-corrected chi connectivity index (χ3v) is 6.51. The lowest BCUT2D eigenvalue weighted by Gasteiger charge is -2.46. The molecule has 122 valence electrons. The van der Waals surface area contributed by atoms with Gasteiger partial charge in [0.1, 0.15) is 10.4 Å². The molecule has 2 fully saturated rings. The molecule has 1 aromatic heterocycles. The maximum atomic E-state index is 13.1. The molecule has 0 aliphatic heterocycles. The molecule has 0 spiro atoms. The topological polar surface area (TPSA) is 81.5 Å². The van der Waals surface area contributed by atoms with Crippen LogP contribution >= 0.6 is 0 Å². The third kappa shape index (κ3) is 2.25. The van der Waals surface area contributed by atoms with E-state index in [1.807, 2.05) is 6.92 Å². The highest BCUT2D eigenvalue weighted by molar-refractivity contribution is 7.89. The van der Waals surface area contributed by atoms with Crippen molar-refractivity contribution < 1.29 is 17.9 Å². The van der Waals surface area contributed by atoms with Crippen LogP contribution in [0.15, 0.2) is 17.3 Å². The van der Waals surface area contributed by atoms with Gasteiger partial charge in [0.15, 0.2) is 0 Å². The van der Waals surface area contributed by atoms with Crippen molar-refractivity contribution in [3.05, 3.63) is 12.4 Å². The van der Waals surface area contributed by atoms with Crippen LogP contribution in [0.1, 0.15) is 39.0 Å². The van der Waals surface area contributed by atoms with Crippen LogP contribution in [0.3, 0.4) is 0 Å². The first-order chi connectivity index (χ1) is 10.5. The Morgan fingerprint density at radius 3 is 2.59 bits per heavy atom. The van der Waals surface area contributed by atoms with Gasteiger partial charge in [-0.2, -0.15) is 9.40 Å². The molecule has 2 saturated carbocycles. The minimum Gasteiger partial charge on any atom is -0.468 e. The first-order valence-corrected chi connectivity index (χ1v) is 9.05. The fourth-order valence-corrected chi connectivity index (χ4v) is 5.05. The summed E-state index contributed by atoms with van der Waals surface area (Å²) in [5.74, 6) is -0.447. The first kappa shape index (κ1) is 15.5. The number of ether oxygens (including phenoxy) is 1. The zero-order valence-electron chi connectivity index (χ0n) is 12.9. The van der Waals surface area contributed by atoms with Gasteiger partial charge < -0.3 is 4.74 Å². The van der Waals surface area contributed by atoms with Crippen molar-refractivity contribution in [1.29, 1.82) is 0 Å². The molecule has 2 aliphatic carbocycles. The van der Waals surface area contributed by atoms with Crippen molar-refractivity contribution in [2.75, 3.05) is 7.11 Å². The number of nitrogens with zero attached hydrogens (tertiary/aromatic N) is 3. The third-order valence-electron chi connectivity index (χ3n) is 4.54. The number of aromatic nitrogens is 2. The van der Waals surface area contributed by atoms with Crippen molar-refractivity contribution in [3.63, 3.8) is 0 Å². The highest BCUT2D eigenvalue weighted by Crippen LogP contribution is 2.47. The van der Waals surface area contributed by atoms with Gasteiger partial charge in [-0.25, -0.2) is 8.42 Å². The number of hydrogen-bond acceptors (Lipinski definition) is 5. The van der Waals surface area contributed by atoms with Gasteiger partial charge in [-0.1, -0.05) is 0 Å². The highest BCUT2D eigenvalue weighted by atomic mass is 32.2. The summed E-state index contributed by atoms with van der Waals surface area (Å²) in [5, 5.41) is 4.05. The lowest BCUT2D eigenvalue weighted by Crippen LogP contribution is -2.62. The second kappa shape index (κ2) is 5.34. The van der Waals surface area contributed by atoms with E-state index >= 15 is 0 Å². The summed E-state index contributed by atoms with van der Waals surface area (Å²) < 4.78 is 34.0. The molecule has 1 heterocycles. The second-order valence-corrected chi connectivity index (χ2v) is 7.76. The number of carbonyl (C=O) groups is 1. The summed E-state index contributed by atoms with van der Waals surface area (Å²) in [7, 11) is -2.44. The zero-order valence-corrected chi connectivity index (χ0v) is 13.7. The highest BCUT2D eigenvalue weighted by Gasteiger charge is 2.59. The van der Waals surface area contributed by atoms with Crippen LogP contribution in [0.4, 0.5) is 0 Å². The number of methoxy groups -OCH3 is 1. The first-order valence-electron chi connectivity index (χ1n) is 7.61. The van der Waals surface area contributed by atoms with E-state index in [2.05, 4.69) is 5.10 Å². The Morgan fingerprint density at radius 1 is 1.50 bits per heavy atom. The molecule has 3 rings (SSSR count). The van der Waals surface area contributed by atoms with E-state index in [1.165, 1.54) is 23.8 Å². The van der Waals surface area contributed by atoms with Crippen molar-refractivity contribution in [1.82, 2.24) is 14.1 Å². The van der Waals surface area contributed by atoms with Crippen molar-refractivity contribution in [2.24, 2.45) is 0 Å². The normalized spacial score (nSPS) is 20.7. The fourth-order valence-electron chi connectivity index (χ4n) is 3.07. The largest absolute Gasteiger partial charge is 0.468 e. The minimum absolute atomic E-state index is 0.102. The standard InChI is InChI=1S/C14H21N3O4S/c1-3-16-10-12(9-15-16)22(19,20)17(11-5-6-11)14(7-4-8-14)13(18)21-2/h9-11H,3-8H2,1-2H3. The summed E-state index contributed by atoms with van der Waals surface area (Å²) in [6.07, 6.45) is 6.35. The van der Waals surface area contributed by atoms with E-state index in [-0.39, 0.29) is 10.9 Å². The number of sulfonamides is 1. The average Bonchev–Trinajstić information content (AvgIpc) is 3.15. The lowest BCUT2D eigenvalue weighted by atomic mass is 9.76. The molecule has 0 aromatic carbocycles. The van der Waals surface area contributed by atoms with Crippen molar-refractivity contribution in [3.8, 4) is 0 Å². The predicted octanol–water partition coefficient (Wildman–Crippen LogP) is 1.15. The zero-order chi connectivity index (χ0) is 16.0. The van der Waals surface area contributed by atoms with Gasteiger partial charge in [-0.15, -0.1) is 0 Å². The molecule has 0 unspecified atom stereocenters. The molecule has 22 heavy (non-hydrogen) atoms. The van der Waals surface area contributed by atoms with E-state index in [0.717, 1.165) is 19.3 Å². The van der Waals surface area contributed by atoms with Crippen LogP contribution in [0.5, 0.6) is 0 Å². The van der Waals surface area contributed by atoms with Crippen LogP contribution in [0.25, 0.3) is 0 Å². The number of rotatable bonds is 6. The molecular formula is C14H21N3O4S. The molecule has 1 aromatic rings. The van der Waals surface area contributed by atoms with E-state index in [1.54, 1.807) is 4.68 Å². The number of hydrogen-bond donors (Lipinski definition) is 0. The Morgan fingerprint density at radius 2 is 2.18 bits per heavy atom. The van der Waals surface area contributed by atoms with Crippen molar-refractivity contribution >= 4 is 16.0 Å². The molecule has 0 N–H and O–H groups in total. The Kier molecular flexibility index (Phi) is 3.76. The molecule has 8 heteroatoms. The Hall–Kier alpha value is -1.41. The van der Waals surface area contributed by atoms with E-state index in [9.17, 15) is 13.2 Å². The molecule has 0 amide bonds. The van der Waals surface area contributed by atoms with E-state index in [0.29, 0.717) is 19.4 Å². The molecular weight excluding hydrogens is 306 g/mol. The maximum Gasteiger partial charge on any atom is 0.327 e. The van der Waals surface area contributed by atoms with E-state index in [4.69, 9.17) is 4.74 Å². The smallest absolute Gasteiger partial charge is 0.327 e. The molecule has 2 aliphatic rings. The van der Waals surface area contributed by atoms with Gasteiger partial charge in [0.25, 0.3) is 0 Å². The van der Waals surface area contributed by atoms with Gasteiger partial charge in [-0.05, 0) is 39.0 Å². The maximum absolute atomic E-state index is 13.1. The molecule has 0 saturated heterocycles. The van der Waals surface area contributed by atoms with Crippen LogP contribution in [-0.4, -0.2) is 47.2 Å².